The summed E-state index contributed by atoms with van der Waals surface area (Å²) >= 11 is 0. The third kappa shape index (κ3) is 2.08. The molecule has 1 aromatic heterocycles. The summed E-state index contributed by atoms with van der Waals surface area (Å²) < 4.78 is 4.56. The lowest BCUT2D eigenvalue weighted by Crippen LogP contribution is -2.10. The Morgan fingerprint density at radius 2 is 1.84 bits per heavy atom. The number of esters is 1. The molecule has 2 N–H and O–H groups in total. The van der Waals surface area contributed by atoms with Crippen molar-refractivity contribution in [2.45, 2.75) is 6.92 Å². The predicted octanol–water partition coefficient (Wildman–Crippen LogP) is 1.86. The number of aromatic nitrogens is 1. The number of carboxylic acids is 1. The average molecular weight is 261 g/mol. The zero-order valence-corrected chi connectivity index (χ0v) is 10.3. The number of carbonyl (C=O) groups excluding carboxylic acids is 2. The minimum atomic E-state index is -1.23. The minimum absolute atomic E-state index is 0.0791. The third-order valence-electron chi connectivity index (χ3n) is 2.83. The summed E-state index contributed by atoms with van der Waals surface area (Å²) in [5.74, 6) is -2.17. The molecule has 6 heteroatoms. The summed E-state index contributed by atoms with van der Waals surface area (Å²) in [5, 5.41) is 9.59. The van der Waals surface area contributed by atoms with Gasteiger partial charge in [-0.2, -0.15) is 0 Å². The van der Waals surface area contributed by atoms with Crippen LogP contribution in [-0.2, 0) is 4.74 Å². The first kappa shape index (κ1) is 12.8. The van der Waals surface area contributed by atoms with Gasteiger partial charge in [-0.15, -0.1) is 0 Å². The van der Waals surface area contributed by atoms with Crippen molar-refractivity contribution in [2.24, 2.45) is 0 Å². The highest BCUT2D eigenvalue weighted by Crippen LogP contribution is 2.24. The Bertz CT molecular complexity index is 698. The van der Waals surface area contributed by atoms with Gasteiger partial charge in [0.2, 0.25) is 0 Å². The summed E-state index contributed by atoms with van der Waals surface area (Å²) in [5.41, 5.74) is 0.633. The maximum atomic E-state index is 11.6. The molecule has 6 nitrogen and oxygen atoms in total. The predicted molar refractivity (Wildman–Crippen MR) is 66.6 cm³/mol. The Kier molecular flexibility index (Phi) is 3.08. The van der Waals surface area contributed by atoms with Gasteiger partial charge in [0.05, 0.1) is 18.2 Å². The molecule has 0 atom stereocenters. The zero-order chi connectivity index (χ0) is 14.2. The molecule has 0 fully saturated rings. The van der Waals surface area contributed by atoms with Crippen LogP contribution in [-0.4, -0.2) is 34.9 Å². The van der Waals surface area contributed by atoms with E-state index in [1.54, 1.807) is 0 Å². The molecule has 0 aliphatic heterocycles. The highest BCUT2D eigenvalue weighted by molar-refractivity contribution is 6.12. The van der Waals surface area contributed by atoms with Crippen molar-refractivity contribution >= 4 is 28.6 Å². The maximum absolute atomic E-state index is 11.6. The van der Waals surface area contributed by atoms with Crippen LogP contribution in [0, 0.1) is 0 Å². The molecule has 0 aliphatic rings. The van der Waals surface area contributed by atoms with E-state index in [0.717, 1.165) is 0 Å². The first-order valence-electron chi connectivity index (χ1n) is 5.43. The number of ether oxygens (including phenoxy) is 1. The van der Waals surface area contributed by atoms with Gasteiger partial charge in [0, 0.05) is 22.7 Å². The molecular formula is C13H11NO5. The van der Waals surface area contributed by atoms with Gasteiger partial charge in [-0.1, -0.05) is 0 Å². The number of carbonyl (C=O) groups is 3. The molecular weight excluding hydrogens is 250 g/mol. The van der Waals surface area contributed by atoms with Gasteiger partial charge in [-0.3, -0.25) is 4.79 Å². The molecule has 1 heterocycles. The SMILES string of the molecule is COC(=O)c1cc2c(C(C)=O)c[nH]c2cc1C(=O)O. The number of carboxylic acid groups (broad SMARTS) is 1. The molecule has 2 aromatic rings. The second-order valence-corrected chi connectivity index (χ2v) is 4.00. The Labute approximate surface area is 108 Å². The van der Waals surface area contributed by atoms with E-state index in [4.69, 9.17) is 5.11 Å². The van der Waals surface area contributed by atoms with Gasteiger partial charge < -0.3 is 14.8 Å². The van der Waals surface area contributed by atoms with E-state index in [9.17, 15) is 14.4 Å². The van der Waals surface area contributed by atoms with E-state index < -0.39 is 11.9 Å². The topological polar surface area (TPSA) is 96.5 Å². The van der Waals surface area contributed by atoms with Crippen LogP contribution < -0.4 is 0 Å². The van der Waals surface area contributed by atoms with Crippen molar-refractivity contribution in [1.29, 1.82) is 0 Å². The van der Waals surface area contributed by atoms with Crippen LogP contribution in [0.2, 0.25) is 0 Å². The molecule has 0 aliphatic carbocycles. The molecule has 98 valence electrons. The quantitative estimate of drug-likeness (QED) is 0.649. The Hall–Kier alpha value is -2.63. The number of ketones is 1. The highest BCUT2D eigenvalue weighted by Gasteiger charge is 2.20. The van der Waals surface area contributed by atoms with Gasteiger partial charge in [-0.25, -0.2) is 9.59 Å². The van der Waals surface area contributed by atoms with E-state index in [-0.39, 0.29) is 16.9 Å². The van der Waals surface area contributed by atoms with Crippen LogP contribution in [0.25, 0.3) is 10.9 Å². The lowest BCUT2D eigenvalue weighted by atomic mass is 10.0. The summed E-state index contributed by atoms with van der Waals surface area (Å²) in [6.07, 6.45) is 1.49. The van der Waals surface area contributed by atoms with Crippen molar-refractivity contribution in [3.05, 3.63) is 35.0 Å². The van der Waals surface area contributed by atoms with Crippen LogP contribution in [0.4, 0.5) is 0 Å². The van der Waals surface area contributed by atoms with Crippen molar-refractivity contribution in [3.63, 3.8) is 0 Å². The first-order chi connectivity index (χ1) is 8.95. The summed E-state index contributed by atoms with van der Waals surface area (Å²) in [7, 11) is 1.17. The summed E-state index contributed by atoms with van der Waals surface area (Å²) in [6, 6.07) is 2.67. The maximum Gasteiger partial charge on any atom is 0.338 e. The van der Waals surface area contributed by atoms with Crippen molar-refractivity contribution in [3.8, 4) is 0 Å². The van der Waals surface area contributed by atoms with Crippen LogP contribution in [0.5, 0.6) is 0 Å². The first-order valence-corrected chi connectivity index (χ1v) is 5.43. The largest absolute Gasteiger partial charge is 0.478 e. The molecule has 0 spiro atoms. The number of aromatic amines is 1. The molecule has 0 unspecified atom stereocenters. The van der Waals surface area contributed by atoms with Gasteiger partial charge in [0.1, 0.15) is 0 Å². The van der Waals surface area contributed by atoms with E-state index in [2.05, 4.69) is 9.72 Å². The van der Waals surface area contributed by atoms with E-state index >= 15 is 0 Å². The van der Waals surface area contributed by atoms with Crippen LogP contribution >= 0.6 is 0 Å². The van der Waals surface area contributed by atoms with Crippen LogP contribution in [0.3, 0.4) is 0 Å². The fraction of sp³-hybridized carbons (Fsp3) is 0.154. The number of Topliss-reactive ketones (excluding diaryl/α,β-unsaturated/α-hetero) is 1. The molecule has 19 heavy (non-hydrogen) atoms. The Balaban J connectivity index is 2.79. The number of hydrogen-bond donors (Lipinski definition) is 2. The van der Waals surface area contributed by atoms with E-state index in [0.29, 0.717) is 16.5 Å². The monoisotopic (exact) mass is 261 g/mol. The summed E-state index contributed by atoms with van der Waals surface area (Å²) in [4.78, 5) is 37.0. The zero-order valence-electron chi connectivity index (χ0n) is 10.3. The average Bonchev–Trinajstić information content (AvgIpc) is 2.79. The number of nitrogens with one attached hydrogen (secondary N) is 1. The van der Waals surface area contributed by atoms with Gasteiger partial charge in [0.25, 0.3) is 0 Å². The molecule has 0 bridgehead atoms. The second-order valence-electron chi connectivity index (χ2n) is 4.00. The smallest absolute Gasteiger partial charge is 0.338 e. The number of aromatic carboxylic acids is 1. The molecule has 2 rings (SSSR count). The second kappa shape index (κ2) is 4.56. The van der Waals surface area contributed by atoms with Crippen LogP contribution in [0.1, 0.15) is 38.0 Å². The standard InChI is InChI=1S/C13H11NO5/c1-6(15)10-5-14-11-4-8(12(16)17)9(3-7(10)11)13(18)19-2/h3-5,14H,1-2H3,(H,16,17). The van der Waals surface area contributed by atoms with Gasteiger partial charge in [-0.05, 0) is 19.1 Å². The number of fused-ring (bicyclic) bond motifs is 1. The molecule has 0 saturated heterocycles. The molecule has 0 radical (unpaired) electrons. The minimum Gasteiger partial charge on any atom is -0.478 e. The lowest BCUT2D eigenvalue weighted by Gasteiger charge is -2.05. The van der Waals surface area contributed by atoms with Crippen molar-refractivity contribution in [1.82, 2.24) is 4.98 Å². The van der Waals surface area contributed by atoms with E-state index in [1.807, 2.05) is 0 Å². The Morgan fingerprint density at radius 3 is 2.37 bits per heavy atom. The fourth-order valence-electron chi connectivity index (χ4n) is 1.92. The highest BCUT2D eigenvalue weighted by atomic mass is 16.5. The third-order valence-corrected chi connectivity index (χ3v) is 2.83. The number of methoxy groups -OCH3 is 1. The van der Waals surface area contributed by atoms with Gasteiger partial charge in [0.15, 0.2) is 5.78 Å². The lowest BCUT2D eigenvalue weighted by molar-refractivity contribution is 0.0583. The van der Waals surface area contributed by atoms with E-state index in [1.165, 1.54) is 32.4 Å². The van der Waals surface area contributed by atoms with Crippen molar-refractivity contribution < 1.29 is 24.2 Å². The fourth-order valence-corrected chi connectivity index (χ4v) is 1.92. The van der Waals surface area contributed by atoms with Crippen LogP contribution in [0.15, 0.2) is 18.3 Å². The van der Waals surface area contributed by atoms with Gasteiger partial charge >= 0.3 is 11.9 Å². The molecule has 1 aromatic carbocycles. The number of benzene rings is 1. The number of hydrogen-bond acceptors (Lipinski definition) is 4. The summed E-state index contributed by atoms with van der Waals surface area (Å²) in [6.45, 7) is 1.39. The van der Waals surface area contributed by atoms with Crippen molar-refractivity contribution in [2.75, 3.05) is 7.11 Å². The molecule has 0 saturated carbocycles. The number of H-pyrrole nitrogens is 1. The normalized spacial score (nSPS) is 10.4. The Morgan fingerprint density at radius 1 is 1.16 bits per heavy atom. The number of rotatable bonds is 3. The molecule has 0 amide bonds.